The number of hydrogen-bond acceptors (Lipinski definition) is 5. The number of nitrogens with one attached hydrogen (secondary N) is 1. The molecule has 0 spiro atoms. The Morgan fingerprint density at radius 2 is 1.70 bits per heavy atom. The molecule has 0 atom stereocenters. The third-order valence-corrected chi connectivity index (χ3v) is 3.96. The van der Waals surface area contributed by atoms with Crippen LogP contribution in [0.15, 0.2) is 60.7 Å². The fourth-order valence-corrected chi connectivity index (χ4v) is 2.66. The fourth-order valence-electron chi connectivity index (χ4n) is 2.66. The zero-order valence-electron chi connectivity index (χ0n) is 14.6. The Morgan fingerprint density at radius 1 is 1.00 bits per heavy atom. The van der Waals surface area contributed by atoms with Crippen molar-refractivity contribution >= 4 is 28.3 Å². The Morgan fingerprint density at radius 3 is 2.37 bits per heavy atom. The maximum Gasteiger partial charge on any atom is 0.339 e. The molecule has 0 fully saturated rings. The van der Waals surface area contributed by atoms with Crippen LogP contribution in [-0.2, 0) is 9.53 Å². The molecule has 0 bridgehead atoms. The zero-order valence-corrected chi connectivity index (χ0v) is 14.6. The third-order valence-electron chi connectivity index (χ3n) is 3.96. The van der Waals surface area contributed by atoms with Crippen molar-refractivity contribution in [1.82, 2.24) is 0 Å². The van der Waals surface area contributed by atoms with Crippen LogP contribution in [0.2, 0.25) is 0 Å². The van der Waals surface area contributed by atoms with Gasteiger partial charge < -0.3 is 14.8 Å². The molecule has 0 saturated heterocycles. The van der Waals surface area contributed by atoms with Gasteiger partial charge in [0.1, 0.15) is 5.75 Å². The zero-order chi connectivity index (χ0) is 19.2. The molecule has 0 heterocycles. The summed E-state index contributed by atoms with van der Waals surface area (Å²) in [5.74, 6) is -0.407. The molecule has 1 amide bonds. The van der Waals surface area contributed by atoms with E-state index in [0.717, 1.165) is 5.39 Å². The topological polar surface area (TPSA) is 88.4 Å². The van der Waals surface area contributed by atoms with E-state index in [-0.39, 0.29) is 0 Å². The quantitative estimate of drug-likeness (QED) is 0.703. The molecule has 0 saturated carbocycles. The first kappa shape index (κ1) is 18.0. The summed E-state index contributed by atoms with van der Waals surface area (Å²) in [5, 5.41) is 12.9. The van der Waals surface area contributed by atoms with E-state index in [9.17, 15) is 9.59 Å². The fraction of sp³-hybridized carbons (Fsp3) is 0.0952. The molecule has 0 aliphatic heterocycles. The van der Waals surface area contributed by atoms with E-state index in [2.05, 4.69) is 5.32 Å². The summed E-state index contributed by atoms with van der Waals surface area (Å²) in [7, 11) is 1.56. The molecule has 0 radical (unpaired) electrons. The average molecular weight is 360 g/mol. The summed E-state index contributed by atoms with van der Waals surface area (Å²) in [6.45, 7) is -0.417. The van der Waals surface area contributed by atoms with Crippen molar-refractivity contribution in [2.45, 2.75) is 0 Å². The molecular weight excluding hydrogens is 344 g/mol. The van der Waals surface area contributed by atoms with Crippen LogP contribution in [0.4, 0.5) is 5.69 Å². The van der Waals surface area contributed by atoms with Gasteiger partial charge in [0.2, 0.25) is 0 Å². The monoisotopic (exact) mass is 360 g/mol. The van der Waals surface area contributed by atoms with Crippen LogP contribution in [0.25, 0.3) is 10.8 Å². The number of methoxy groups -OCH3 is 1. The van der Waals surface area contributed by atoms with Crippen molar-refractivity contribution in [2.75, 3.05) is 19.0 Å². The number of rotatable bonds is 5. The van der Waals surface area contributed by atoms with Gasteiger partial charge in [-0.1, -0.05) is 24.3 Å². The molecule has 6 nitrogen and oxygen atoms in total. The minimum atomic E-state index is -0.594. The Labute approximate surface area is 155 Å². The number of benzene rings is 3. The van der Waals surface area contributed by atoms with Crippen LogP contribution in [-0.4, -0.2) is 25.6 Å². The summed E-state index contributed by atoms with van der Waals surface area (Å²) < 4.78 is 10.5. The van der Waals surface area contributed by atoms with Crippen LogP contribution in [0, 0.1) is 11.3 Å². The van der Waals surface area contributed by atoms with Crippen LogP contribution in [0.3, 0.4) is 0 Å². The Hall–Kier alpha value is -3.85. The molecular formula is C21H16N2O4. The number of carbonyl (C=O) groups excluding carboxylic acids is 2. The van der Waals surface area contributed by atoms with Crippen LogP contribution < -0.4 is 10.1 Å². The van der Waals surface area contributed by atoms with Crippen molar-refractivity contribution in [3.63, 3.8) is 0 Å². The predicted molar refractivity (Wildman–Crippen MR) is 101 cm³/mol. The van der Waals surface area contributed by atoms with Crippen molar-refractivity contribution in [2.24, 2.45) is 0 Å². The Balaban J connectivity index is 1.68. The number of anilines is 1. The third kappa shape index (κ3) is 4.05. The molecule has 0 aliphatic carbocycles. The molecule has 3 aromatic rings. The van der Waals surface area contributed by atoms with Crippen LogP contribution in [0.1, 0.15) is 15.9 Å². The summed E-state index contributed by atoms with van der Waals surface area (Å²) >= 11 is 0. The van der Waals surface area contributed by atoms with Crippen molar-refractivity contribution in [3.8, 4) is 11.8 Å². The number of nitrogens with zero attached hydrogens (tertiary/aromatic N) is 1. The lowest BCUT2D eigenvalue weighted by Gasteiger charge is -2.10. The largest absolute Gasteiger partial charge is 0.496 e. The van der Waals surface area contributed by atoms with Gasteiger partial charge in [-0.2, -0.15) is 5.26 Å². The second-order valence-corrected chi connectivity index (χ2v) is 5.67. The second-order valence-electron chi connectivity index (χ2n) is 5.67. The predicted octanol–water partition coefficient (Wildman–Crippen LogP) is 3.52. The molecule has 0 unspecified atom stereocenters. The summed E-state index contributed by atoms with van der Waals surface area (Å²) in [4.78, 5) is 24.4. The number of nitriles is 1. The van der Waals surface area contributed by atoms with Crippen molar-refractivity contribution in [3.05, 3.63) is 71.8 Å². The second kappa shape index (κ2) is 8.02. The molecule has 27 heavy (non-hydrogen) atoms. The number of hydrogen-bond donors (Lipinski definition) is 1. The number of carbonyl (C=O) groups is 2. The van der Waals surface area contributed by atoms with Gasteiger partial charge in [0, 0.05) is 11.1 Å². The standard InChI is InChI=1S/C21H16N2O4/c1-26-19-11-10-18(16-4-2-3-5-17(16)19)21(25)27-13-20(24)23-15-8-6-14(12-22)7-9-15/h2-11H,13H2,1H3,(H,23,24). The highest BCUT2D eigenvalue weighted by Crippen LogP contribution is 2.28. The lowest BCUT2D eigenvalue weighted by molar-refractivity contribution is -0.119. The summed E-state index contributed by atoms with van der Waals surface area (Å²) in [5.41, 5.74) is 1.37. The maximum absolute atomic E-state index is 12.4. The SMILES string of the molecule is COc1ccc(C(=O)OCC(=O)Nc2ccc(C#N)cc2)c2ccccc12. The van der Waals surface area contributed by atoms with Gasteiger partial charge >= 0.3 is 5.97 Å². The highest BCUT2D eigenvalue weighted by molar-refractivity contribution is 6.07. The Kier molecular flexibility index (Phi) is 5.33. The molecule has 6 heteroatoms. The van der Waals surface area contributed by atoms with Crippen LogP contribution in [0.5, 0.6) is 5.75 Å². The van der Waals surface area contributed by atoms with E-state index < -0.39 is 18.5 Å². The van der Waals surface area contributed by atoms with Crippen molar-refractivity contribution in [1.29, 1.82) is 5.26 Å². The van der Waals surface area contributed by atoms with E-state index in [1.807, 2.05) is 24.3 Å². The Bertz CT molecular complexity index is 1040. The number of ether oxygens (including phenoxy) is 2. The first-order chi connectivity index (χ1) is 13.1. The van der Waals surface area contributed by atoms with Gasteiger partial charge in [-0.25, -0.2) is 4.79 Å². The van der Waals surface area contributed by atoms with Gasteiger partial charge in [-0.05, 0) is 41.8 Å². The molecule has 3 aromatic carbocycles. The van der Waals surface area contributed by atoms with Gasteiger partial charge in [0.05, 0.1) is 24.3 Å². The lowest BCUT2D eigenvalue weighted by Crippen LogP contribution is -2.21. The normalized spacial score (nSPS) is 10.1. The first-order valence-corrected chi connectivity index (χ1v) is 8.15. The van der Waals surface area contributed by atoms with E-state index in [0.29, 0.717) is 28.0 Å². The van der Waals surface area contributed by atoms with E-state index >= 15 is 0 Å². The molecule has 0 aromatic heterocycles. The number of esters is 1. The van der Waals surface area contributed by atoms with Crippen LogP contribution >= 0.6 is 0 Å². The molecule has 3 rings (SSSR count). The van der Waals surface area contributed by atoms with Gasteiger partial charge in [-0.15, -0.1) is 0 Å². The van der Waals surface area contributed by atoms with Crippen molar-refractivity contribution < 1.29 is 19.1 Å². The summed E-state index contributed by atoms with van der Waals surface area (Å²) in [6.07, 6.45) is 0. The highest BCUT2D eigenvalue weighted by Gasteiger charge is 2.15. The van der Waals surface area contributed by atoms with Gasteiger partial charge in [0.15, 0.2) is 6.61 Å². The molecule has 0 aliphatic rings. The summed E-state index contributed by atoms with van der Waals surface area (Å²) in [6, 6.07) is 19.0. The van der Waals surface area contributed by atoms with Gasteiger partial charge in [-0.3, -0.25) is 4.79 Å². The minimum Gasteiger partial charge on any atom is -0.496 e. The average Bonchev–Trinajstić information content (AvgIpc) is 2.71. The first-order valence-electron chi connectivity index (χ1n) is 8.15. The highest BCUT2D eigenvalue weighted by atomic mass is 16.5. The number of amides is 1. The van der Waals surface area contributed by atoms with E-state index in [1.165, 1.54) is 0 Å². The van der Waals surface area contributed by atoms with Gasteiger partial charge in [0.25, 0.3) is 5.91 Å². The minimum absolute atomic E-state index is 0.359. The maximum atomic E-state index is 12.4. The molecule has 134 valence electrons. The molecule has 1 N–H and O–H groups in total. The smallest absolute Gasteiger partial charge is 0.339 e. The number of fused-ring (bicyclic) bond motifs is 1. The lowest BCUT2D eigenvalue weighted by atomic mass is 10.0. The van der Waals surface area contributed by atoms with E-state index in [1.54, 1.807) is 49.6 Å². The van der Waals surface area contributed by atoms with E-state index in [4.69, 9.17) is 14.7 Å².